The van der Waals surface area contributed by atoms with Crippen LogP contribution in [0.3, 0.4) is 0 Å². The molecule has 9 heteroatoms. The van der Waals surface area contributed by atoms with E-state index in [-0.39, 0.29) is 6.61 Å². The molecule has 0 aliphatic carbocycles. The smallest absolute Gasteiger partial charge is 0.277 e. The highest BCUT2D eigenvalue weighted by Crippen LogP contribution is 2.29. The summed E-state index contributed by atoms with van der Waals surface area (Å²) in [7, 11) is 0. The fourth-order valence-corrected chi connectivity index (χ4v) is 4.58. The monoisotopic (exact) mass is 421 g/mol. The van der Waals surface area contributed by atoms with Gasteiger partial charge in [-0.15, -0.1) is 21.5 Å². The highest BCUT2D eigenvalue weighted by molar-refractivity contribution is 7.98. The highest BCUT2D eigenvalue weighted by Gasteiger charge is 2.11. The van der Waals surface area contributed by atoms with Crippen LogP contribution in [-0.4, -0.2) is 15.2 Å². The number of hydrogen-bond acceptors (Lipinski definition) is 8. The summed E-state index contributed by atoms with van der Waals surface area (Å²) in [6.45, 7) is 0.177. The predicted molar refractivity (Wildman–Crippen MR) is 105 cm³/mol. The van der Waals surface area contributed by atoms with E-state index < -0.39 is 0 Å². The normalized spacial score (nSPS) is 11.0. The summed E-state index contributed by atoms with van der Waals surface area (Å²) in [5.74, 6) is 1.67. The summed E-state index contributed by atoms with van der Waals surface area (Å²) in [6.07, 6.45) is 0. The highest BCUT2D eigenvalue weighted by atomic mass is 35.5. The lowest BCUT2D eigenvalue weighted by Gasteiger charge is -2.04. The summed E-state index contributed by atoms with van der Waals surface area (Å²) >= 11 is 10.8. The van der Waals surface area contributed by atoms with Crippen LogP contribution in [0.5, 0.6) is 5.75 Å². The number of benzene rings is 1. The van der Waals surface area contributed by atoms with E-state index in [9.17, 15) is 0 Å². The van der Waals surface area contributed by atoms with E-state index in [0.717, 1.165) is 16.3 Å². The molecule has 3 heterocycles. The summed E-state index contributed by atoms with van der Waals surface area (Å²) in [6, 6.07) is 9.34. The molecule has 132 valence electrons. The molecule has 26 heavy (non-hydrogen) atoms. The number of hydrogen-bond donors (Lipinski definition) is 0. The molecule has 0 radical (unpaired) electrons. The second-order valence-corrected chi connectivity index (χ2v) is 8.10. The number of thiazole rings is 1. The number of rotatable bonds is 7. The fourth-order valence-electron chi connectivity index (χ4n) is 2.08. The molecule has 0 bridgehead atoms. The van der Waals surface area contributed by atoms with Crippen LogP contribution in [0.1, 0.15) is 11.6 Å². The van der Waals surface area contributed by atoms with Crippen molar-refractivity contribution in [3.8, 4) is 16.3 Å². The van der Waals surface area contributed by atoms with Crippen LogP contribution < -0.4 is 4.74 Å². The molecule has 0 aliphatic rings. The van der Waals surface area contributed by atoms with Crippen molar-refractivity contribution in [1.29, 1.82) is 0 Å². The molecule has 0 saturated carbocycles. The fraction of sp³-hybridized carbons (Fsp3) is 0.118. The first kappa shape index (κ1) is 17.5. The average molecular weight is 422 g/mol. The Kier molecular flexibility index (Phi) is 5.54. The molecule has 0 atom stereocenters. The Morgan fingerprint density at radius 2 is 2.08 bits per heavy atom. The molecular weight excluding hydrogens is 410 g/mol. The van der Waals surface area contributed by atoms with E-state index >= 15 is 0 Å². The molecule has 0 N–H and O–H groups in total. The number of thioether (sulfide) groups is 1. The van der Waals surface area contributed by atoms with Crippen LogP contribution in [0.4, 0.5) is 0 Å². The molecule has 0 unspecified atom stereocenters. The molecule has 0 spiro atoms. The van der Waals surface area contributed by atoms with Crippen molar-refractivity contribution >= 4 is 46.0 Å². The van der Waals surface area contributed by atoms with Gasteiger partial charge >= 0.3 is 0 Å². The Morgan fingerprint density at radius 1 is 1.15 bits per heavy atom. The van der Waals surface area contributed by atoms with Gasteiger partial charge in [-0.3, -0.25) is 0 Å². The summed E-state index contributed by atoms with van der Waals surface area (Å²) in [5.41, 5.74) is 2.15. The lowest BCUT2D eigenvalue weighted by molar-refractivity contribution is 0.252. The molecule has 0 amide bonds. The van der Waals surface area contributed by atoms with Gasteiger partial charge in [-0.05, 0) is 23.6 Å². The van der Waals surface area contributed by atoms with Crippen LogP contribution in [0.15, 0.2) is 56.1 Å². The standard InChI is InChI=1S/C17H12ClN3O2S3/c18-13-3-1-2-4-14(13)22-7-15-20-21-17(23-15)26-10-12-9-25-16(19-12)11-5-6-24-8-11/h1-6,8-9H,7,10H2. The Morgan fingerprint density at radius 3 is 2.92 bits per heavy atom. The Labute approximate surface area is 167 Å². The van der Waals surface area contributed by atoms with Gasteiger partial charge in [0.15, 0.2) is 6.61 Å². The van der Waals surface area contributed by atoms with Crippen molar-refractivity contribution in [2.24, 2.45) is 0 Å². The first-order chi connectivity index (χ1) is 12.8. The topological polar surface area (TPSA) is 61.0 Å². The van der Waals surface area contributed by atoms with E-state index in [1.54, 1.807) is 34.8 Å². The maximum absolute atomic E-state index is 6.05. The minimum atomic E-state index is 0.177. The molecule has 4 rings (SSSR count). The van der Waals surface area contributed by atoms with Crippen LogP contribution in [-0.2, 0) is 12.4 Å². The van der Waals surface area contributed by atoms with Crippen molar-refractivity contribution in [2.75, 3.05) is 0 Å². The number of aromatic nitrogens is 3. The number of para-hydroxylation sites is 1. The third kappa shape index (κ3) is 4.27. The molecule has 5 nitrogen and oxygen atoms in total. The van der Waals surface area contributed by atoms with Gasteiger partial charge in [-0.25, -0.2) is 4.98 Å². The molecule has 0 fully saturated rings. The molecule has 0 aliphatic heterocycles. The maximum Gasteiger partial charge on any atom is 0.277 e. The SMILES string of the molecule is Clc1ccccc1OCc1nnc(SCc2csc(-c3ccsc3)n2)o1. The third-order valence-corrected chi connectivity index (χ3v) is 6.09. The third-order valence-electron chi connectivity index (χ3n) is 3.30. The number of ether oxygens (including phenoxy) is 1. The van der Waals surface area contributed by atoms with Crippen LogP contribution in [0, 0.1) is 0 Å². The first-order valence-electron chi connectivity index (χ1n) is 7.57. The minimum Gasteiger partial charge on any atom is -0.482 e. The molecule has 3 aromatic heterocycles. The summed E-state index contributed by atoms with van der Waals surface area (Å²) in [5, 5.41) is 16.3. The molecular formula is C17H12ClN3O2S3. The summed E-state index contributed by atoms with van der Waals surface area (Å²) in [4.78, 5) is 4.64. The Balaban J connectivity index is 1.32. The Hall–Kier alpha value is -1.87. The number of nitrogens with zero attached hydrogens (tertiary/aromatic N) is 3. The van der Waals surface area contributed by atoms with Gasteiger partial charge in [0.05, 0.1) is 10.7 Å². The van der Waals surface area contributed by atoms with Gasteiger partial charge in [0.25, 0.3) is 11.1 Å². The second kappa shape index (κ2) is 8.22. The van der Waals surface area contributed by atoms with E-state index in [2.05, 4.69) is 37.4 Å². The second-order valence-electron chi connectivity index (χ2n) is 5.13. The first-order valence-corrected chi connectivity index (χ1v) is 10.8. The van der Waals surface area contributed by atoms with Crippen molar-refractivity contribution < 1.29 is 9.15 Å². The van der Waals surface area contributed by atoms with E-state index in [1.165, 1.54) is 11.8 Å². The van der Waals surface area contributed by atoms with Gasteiger partial charge in [0.1, 0.15) is 10.8 Å². The zero-order valence-corrected chi connectivity index (χ0v) is 16.5. The molecule has 0 saturated heterocycles. The molecule has 1 aromatic carbocycles. The van der Waals surface area contributed by atoms with Crippen LogP contribution in [0.2, 0.25) is 5.02 Å². The van der Waals surface area contributed by atoms with E-state index in [4.69, 9.17) is 20.8 Å². The minimum absolute atomic E-state index is 0.177. The Bertz CT molecular complexity index is 985. The zero-order valence-electron chi connectivity index (χ0n) is 13.3. The van der Waals surface area contributed by atoms with Gasteiger partial charge in [-0.1, -0.05) is 35.5 Å². The van der Waals surface area contributed by atoms with Gasteiger partial charge in [0, 0.05) is 22.1 Å². The number of thiophene rings is 1. The maximum atomic E-state index is 6.05. The lowest BCUT2D eigenvalue weighted by Crippen LogP contribution is -1.95. The van der Waals surface area contributed by atoms with Gasteiger partial charge in [0.2, 0.25) is 0 Å². The zero-order chi connectivity index (χ0) is 17.8. The van der Waals surface area contributed by atoms with Crippen molar-refractivity contribution in [3.05, 3.63) is 63.1 Å². The van der Waals surface area contributed by atoms with Crippen molar-refractivity contribution in [3.63, 3.8) is 0 Å². The van der Waals surface area contributed by atoms with Crippen LogP contribution in [0.25, 0.3) is 10.6 Å². The van der Waals surface area contributed by atoms with E-state index in [1.807, 2.05) is 12.1 Å². The lowest BCUT2D eigenvalue weighted by atomic mass is 10.3. The van der Waals surface area contributed by atoms with Crippen LogP contribution >= 0.6 is 46.0 Å². The van der Waals surface area contributed by atoms with Crippen molar-refractivity contribution in [1.82, 2.24) is 15.2 Å². The quantitative estimate of drug-likeness (QED) is 0.352. The van der Waals surface area contributed by atoms with Gasteiger partial charge < -0.3 is 9.15 Å². The number of halogens is 1. The predicted octanol–water partition coefficient (Wildman–Crippen LogP) is 5.78. The largest absolute Gasteiger partial charge is 0.482 e. The average Bonchev–Trinajstić information content (AvgIpc) is 3.40. The molecule has 4 aromatic rings. The summed E-state index contributed by atoms with van der Waals surface area (Å²) < 4.78 is 11.2. The van der Waals surface area contributed by atoms with Crippen molar-refractivity contribution in [2.45, 2.75) is 17.6 Å². The van der Waals surface area contributed by atoms with E-state index in [0.29, 0.717) is 27.6 Å². The van der Waals surface area contributed by atoms with Gasteiger partial charge in [-0.2, -0.15) is 11.3 Å².